The van der Waals surface area contributed by atoms with Gasteiger partial charge in [-0.3, -0.25) is 33.7 Å². The van der Waals surface area contributed by atoms with Crippen LogP contribution in [-0.4, -0.2) is 70.6 Å². The second kappa shape index (κ2) is 14.7. The summed E-state index contributed by atoms with van der Waals surface area (Å²) < 4.78 is 5.49. The molecular weight excluding hydrogens is 665 g/mol. The van der Waals surface area contributed by atoms with Crippen molar-refractivity contribution in [2.24, 2.45) is 0 Å². The molecule has 0 saturated heterocycles. The molecule has 1 aliphatic heterocycles. The SMILES string of the molecule is CC(=O)N1CC(NC(=O)CCc2ccccc2)C(=O)N(CC(=O)NC(CC(=O)O)C(=O)c2nc3cc(Cl)cc(Cl)c3o2)c2ccccc21. The Bertz CT molecular complexity index is 1910. The number of aromatic nitrogens is 1. The quantitative estimate of drug-likeness (QED) is 0.197. The molecule has 13 nitrogen and oxygen atoms in total. The van der Waals surface area contributed by atoms with E-state index in [0.29, 0.717) is 12.1 Å². The number of carbonyl (C=O) groups excluding carboxylic acids is 5. The molecule has 0 saturated carbocycles. The molecule has 48 heavy (non-hydrogen) atoms. The first-order valence-corrected chi connectivity index (χ1v) is 15.5. The van der Waals surface area contributed by atoms with Crippen molar-refractivity contribution in [2.45, 2.75) is 38.3 Å². The number of anilines is 2. The third-order valence-corrected chi connectivity index (χ3v) is 8.04. The lowest BCUT2D eigenvalue weighted by Crippen LogP contribution is -2.55. The van der Waals surface area contributed by atoms with Crippen molar-refractivity contribution in [1.82, 2.24) is 15.6 Å². The molecule has 4 aromatic rings. The molecular formula is C33H29Cl2N5O8. The number of oxazole rings is 1. The number of nitrogens with zero attached hydrogens (tertiary/aromatic N) is 3. The lowest BCUT2D eigenvalue weighted by Gasteiger charge is -2.26. The van der Waals surface area contributed by atoms with Gasteiger partial charge in [0.25, 0.3) is 11.8 Å². The van der Waals surface area contributed by atoms with E-state index in [1.54, 1.807) is 18.2 Å². The van der Waals surface area contributed by atoms with Gasteiger partial charge in [0, 0.05) is 18.4 Å². The molecule has 2 atom stereocenters. The molecule has 15 heteroatoms. The number of benzene rings is 3. The fourth-order valence-corrected chi connectivity index (χ4v) is 5.83. The highest BCUT2D eigenvalue weighted by Crippen LogP contribution is 2.33. The molecule has 2 unspecified atom stereocenters. The van der Waals surface area contributed by atoms with E-state index in [2.05, 4.69) is 15.6 Å². The van der Waals surface area contributed by atoms with Crippen molar-refractivity contribution in [3.05, 3.63) is 88.2 Å². The number of halogens is 2. The highest BCUT2D eigenvalue weighted by atomic mass is 35.5. The van der Waals surface area contributed by atoms with Crippen LogP contribution in [0.25, 0.3) is 11.1 Å². The van der Waals surface area contributed by atoms with Crippen LogP contribution in [0.4, 0.5) is 11.4 Å². The van der Waals surface area contributed by atoms with Crippen LogP contribution < -0.4 is 20.4 Å². The molecule has 1 aliphatic rings. The molecule has 3 N–H and O–H groups in total. The Balaban J connectivity index is 1.39. The second-order valence-electron chi connectivity index (χ2n) is 11.0. The van der Waals surface area contributed by atoms with E-state index in [1.807, 2.05) is 30.3 Å². The van der Waals surface area contributed by atoms with E-state index in [0.717, 1.165) is 10.5 Å². The van der Waals surface area contributed by atoms with Crippen LogP contribution in [0.5, 0.6) is 0 Å². The number of ketones is 1. The maximum Gasteiger partial charge on any atom is 0.305 e. The van der Waals surface area contributed by atoms with Gasteiger partial charge in [0.15, 0.2) is 5.58 Å². The van der Waals surface area contributed by atoms with E-state index in [9.17, 15) is 33.9 Å². The van der Waals surface area contributed by atoms with Crippen molar-refractivity contribution in [2.75, 3.05) is 22.9 Å². The van der Waals surface area contributed by atoms with Crippen LogP contribution in [0.15, 0.2) is 71.1 Å². The molecule has 4 amide bonds. The van der Waals surface area contributed by atoms with Gasteiger partial charge in [-0.15, -0.1) is 0 Å². The summed E-state index contributed by atoms with van der Waals surface area (Å²) in [6.07, 6.45) is -0.358. The number of carbonyl (C=O) groups is 6. The standard InChI is InChI=1S/C33H29Cl2N5O8/c1-18(41)39-16-24(37-27(42)12-11-19-7-3-2-4-8-19)33(47)40(26-10-6-5-9-25(26)39)17-28(43)36-22(15-29(44)45)30(46)32-38-23-14-20(34)13-21(35)31(23)48-32/h2-10,13-14,22,24H,11-12,15-17H2,1H3,(H,36,43)(H,37,42)(H,44,45). The lowest BCUT2D eigenvalue weighted by molar-refractivity contribution is -0.137. The number of carboxylic acids is 1. The normalized spacial score (nSPS) is 15.0. The van der Waals surface area contributed by atoms with Gasteiger partial charge in [0.1, 0.15) is 24.1 Å². The smallest absolute Gasteiger partial charge is 0.305 e. The molecule has 2 heterocycles. The number of aryl methyl sites for hydroxylation is 1. The first-order valence-electron chi connectivity index (χ1n) is 14.7. The van der Waals surface area contributed by atoms with Crippen LogP contribution >= 0.6 is 23.2 Å². The molecule has 0 bridgehead atoms. The van der Waals surface area contributed by atoms with Crippen LogP contribution in [0.1, 0.15) is 36.0 Å². The van der Waals surface area contributed by atoms with Gasteiger partial charge < -0.3 is 25.1 Å². The van der Waals surface area contributed by atoms with Gasteiger partial charge in [-0.1, -0.05) is 65.7 Å². The maximum atomic E-state index is 14.0. The van der Waals surface area contributed by atoms with E-state index in [-0.39, 0.29) is 39.8 Å². The van der Waals surface area contributed by atoms with Gasteiger partial charge in [0.2, 0.25) is 23.5 Å². The molecule has 0 aliphatic carbocycles. The number of carboxylic acid groups (broad SMARTS) is 1. The summed E-state index contributed by atoms with van der Waals surface area (Å²) in [7, 11) is 0. The van der Waals surface area contributed by atoms with Gasteiger partial charge >= 0.3 is 5.97 Å². The van der Waals surface area contributed by atoms with Crippen molar-refractivity contribution < 1.29 is 38.3 Å². The number of Topliss-reactive ketones (excluding diaryl/α,β-unsaturated/α-hetero) is 1. The summed E-state index contributed by atoms with van der Waals surface area (Å²) >= 11 is 12.1. The summed E-state index contributed by atoms with van der Waals surface area (Å²) in [6, 6.07) is 15.6. The number of aliphatic carboxylic acids is 1. The van der Waals surface area contributed by atoms with Gasteiger partial charge in [-0.25, -0.2) is 4.98 Å². The highest BCUT2D eigenvalue weighted by molar-refractivity contribution is 6.38. The minimum Gasteiger partial charge on any atom is -0.481 e. The molecule has 1 aromatic heterocycles. The average Bonchev–Trinajstić information content (AvgIpc) is 3.44. The molecule has 248 valence electrons. The largest absolute Gasteiger partial charge is 0.481 e. The number of amides is 4. The Labute approximate surface area is 283 Å². The zero-order valence-electron chi connectivity index (χ0n) is 25.4. The molecule has 0 fully saturated rings. The predicted molar refractivity (Wildman–Crippen MR) is 176 cm³/mol. The number of nitrogens with one attached hydrogen (secondary N) is 2. The van der Waals surface area contributed by atoms with Gasteiger partial charge in [0.05, 0.1) is 29.4 Å². The summed E-state index contributed by atoms with van der Waals surface area (Å²) in [5.41, 5.74) is 1.62. The Kier molecular flexibility index (Phi) is 10.4. The maximum absolute atomic E-state index is 14.0. The van der Waals surface area contributed by atoms with Gasteiger partial charge in [-0.2, -0.15) is 0 Å². The first kappa shape index (κ1) is 34.1. The zero-order chi connectivity index (χ0) is 34.5. The van der Waals surface area contributed by atoms with Gasteiger partial charge in [-0.05, 0) is 36.2 Å². The van der Waals surface area contributed by atoms with E-state index in [1.165, 1.54) is 30.0 Å². The molecule has 0 radical (unpaired) electrons. The van der Waals surface area contributed by atoms with Crippen molar-refractivity contribution >= 4 is 81.1 Å². The van der Waals surface area contributed by atoms with E-state index >= 15 is 0 Å². The number of hydrogen-bond donors (Lipinski definition) is 3. The Hall–Kier alpha value is -5.27. The fourth-order valence-electron chi connectivity index (χ4n) is 5.31. The Morgan fingerprint density at radius 2 is 1.69 bits per heavy atom. The first-order chi connectivity index (χ1) is 22.9. The van der Waals surface area contributed by atoms with Crippen LogP contribution in [-0.2, 0) is 30.4 Å². The van der Waals surface area contributed by atoms with Crippen molar-refractivity contribution in [3.8, 4) is 0 Å². The third kappa shape index (κ3) is 7.81. The molecule has 3 aromatic carbocycles. The van der Waals surface area contributed by atoms with Crippen LogP contribution in [0.3, 0.4) is 0 Å². The number of rotatable bonds is 11. The number of hydrogen-bond acceptors (Lipinski definition) is 8. The summed E-state index contributed by atoms with van der Waals surface area (Å²) in [6.45, 7) is 0.425. The Morgan fingerprint density at radius 3 is 2.38 bits per heavy atom. The Morgan fingerprint density at radius 1 is 1.00 bits per heavy atom. The summed E-state index contributed by atoms with van der Waals surface area (Å²) in [4.78, 5) is 84.7. The topological polar surface area (TPSA) is 179 Å². The molecule has 0 spiro atoms. The number of fused-ring (bicyclic) bond motifs is 2. The molecule has 5 rings (SSSR count). The monoisotopic (exact) mass is 693 g/mol. The van der Waals surface area contributed by atoms with Crippen LogP contribution in [0.2, 0.25) is 10.0 Å². The predicted octanol–water partition coefficient (Wildman–Crippen LogP) is 3.79. The zero-order valence-corrected chi connectivity index (χ0v) is 27.0. The minimum atomic E-state index is -1.64. The van der Waals surface area contributed by atoms with Crippen molar-refractivity contribution in [3.63, 3.8) is 0 Å². The van der Waals surface area contributed by atoms with Crippen LogP contribution in [0, 0.1) is 0 Å². The van der Waals surface area contributed by atoms with E-state index < -0.39 is 66.3 Å². The minimum absolute atomic E-state index is 0.0449. The second-order valence-corrected chi connectivity index (χ2v) is 11.8. The third-order valence-electron chi connectivity index (χ3n) is 7.54. The van der Waals surface area contributed by atoms with Crippen molar-refractivity contribution in [1.29, 1.82) is 0 Å². The van der Waals surface area contributed by atoms with E-state index in [4.69, 9.17) is 27.6 Å². The average molecular weight is 695 g/mol. The lowest BCUT2D eigenvalue weighted by atomic mass is 10.1. The number of para-hydroxylation sites is 2. The summed E-state index contributed by atoms with van der Waals surface area (Å²) in [5, 5.41) is 14.9. The highest BCUT2D eigenvalue weighted by Gasteiger charge is 2.38. The summed E-state index contributed by atoms with van der Waals surface area (Å²) in [5.74, 6) is -5.31. The fraction of sp³-hybridized carbons (Fsp3) is 0.242.